The molecule has 0 saturated carbocycles. The van der Waals surface area contributed by atoms with Crippen LogP contribution in [0.2, 0.25) is 0 Å². The van der Waals surface area contributed by atoms with Crippen LogP contribution in [0.15, 0.2) is 54.7 Å². The van der Waals surface area contributed by atoms with Crippen LogP contribution in [0, 0.1) is 0 Å². The third-order valence-electron chi connectivity index (χ3n) is 3.22. The molecule has 0 fully saturated rings. The predicted molar refractivity (Wildman–Crippen MR) is 79.0 cm³/mol. The van der Waals surface area contributed by atoms with Crippen molar-refractivity contribution in [1.29, 1.82) is 0 Å². The van der Waals surface area contributed by atoms with E-state index in [0.29, 0.717) is 6.54 Å². The second-order valence-corrected chi connectivity index (χ2v) is 4.64. The molecular formula is C16H14N2O2. The van der Waals surface area contributed by atoms with Gasteiger partial charge in [0.15, 0.2) is 0 Å². The Kier molecular flexibility index (Phi) is 3.13. The number of aromatic amines is 1. The number of benzene rings is 2. The molecule has 1 aromatic heterocycles. The van der Waals surface area contributed by atoms with Crippen LogP contribution in [-0.4, -0.2) is 16.1 Å². The number of hydrogen-bond donors (Lipinski definition) is 3. The smallest absolute Gasteiger partial charge is 0.335 e. The van der Waals surface area contributed by atoms with Crippen molar-refractivity contribution < 1.29 is 9.90 Å². The molecule has 0 aliphatic rings. The number of H-pyrrole nitrogens is 1. The summed E-state index contributed by atoms with van der Waals surface area (Å²) in [6, 6.07) is 15.1. The highest BCUT2D eigenvalue weighted by atomic mass is 16.4. The van der Waals surface area contributed by atoms with Gasteiger partial charge in [-0.05, 0) is 47.3 Å². The van der Waals surface area contributed by atoms with Crippen molar-refractivity contribution >= 4 is 22.6 Å². The van der Waals surface area contributed by atoms with Gasteiger partial charge in [0.1, 0.15) is 0 Å². The number of carboxylic acid groups (broad SMARTS) is 1. The Morgan fingerprint density at radius 3 is 2.90 bits per heavy atom. The number of carbonyl (C=O) groups is 1. The fourth-order valence-electron chi connectivity index (χ4n) is 2.18. The van der Waals surface area contributed by atoms with Gasteiger partial charge in [0, 0.05) is 23.9 Å². The van der Waals surface area contributed by atoms with Gasteiger partial charge in [-0.3, -0.25) is 0 Å². The summed E-state index contributed by atoms with van der Waals surface area (Å²) >= 11 is 0. The Labute approximate surface area is 116 Å². The summed E-state index contributed by atoms with van der Waals surface area (Å²) in [6.45, 7) is 0.657. The van der Waals surface area contributed by atoms with Gasteiger partial charge >= 0.3 is 5.97 Å². The van der Waals surface area contributed by atoms with Crippen LogP contribution in [0.4, 0.5) is 5.69 Å². The van der Waals surface area contributed by atoms with Gasteiger partial charge in [-0.2, -0.15) is 0 Å². The predicted octanol–water partition coefficient (Wildman–Crippen LogP) is 3.48. The Morgan fingerprint density at radius 1 is 1.15 bits per heavy atom. The van der Waals surface area contributed by atoms with Crippen molar-refractivity contribution in [2.45, 2.75) is 6.54 Å². The molecule has 3 N–H and O–H groups in total. The first-order valence-corrected chi connectivity index (χ1v) is 6.35. The summed E-state index contributed by atoms with van der Waals surface area (Å²) in [6.07, 6.45) is 1.91. The molecule has 1 heterocycles. The van der Waals surface area contributed by atoms with Crippen molar-refractivity contribution in [2.75, 3.05) is 5.32 Å². The van der Waals surface area contributed by atoms with Crippen molar-refractivity contribution in [3.8, 4) is 0 Å². The first-order valence-electron chi connectivity index (χ1n) is 6.35. The summed E-state index contributed by atoms with van der Waals surface area (Å²) in [5.41, 5.74) is 3.36. The first-order chi connectivity index (χ1) is 9.72. The summed E-state index contributed by atoms with van der Waals surface area (Å²) < 4.78 is 0. The molecule has 0 bridgehead atoms. The minimum atomic E-state index is -0.914. The van der Waals surface area contributed by atoms with Crippen molar-refractivity contribution in [2.24, 2.45) is 0 Å². The molecule has 20 heavy (non-hydrogen) atoms. The number of aromatic nitrogens is 1. The Morgan fingerprint density at radius 2 is 2.05 bits per heavy atom. The van der Waals surface area contributed by atoms with Gasteiger partial charge in [0.2, 0.25) is 0 Å². The summed E-state index contributed by atoms with van der Waals surface area (Å²) in [5, 5.41) is 13.4. The molecule has 0 atom stereocenters. The van der Waals surface area contributed by atoms with Crippen molar-refractivity contribution in [1.82, 2.24) is 4.98 Å². The monoisotopic (exact) mass is 266 g/mol. The van der Waals surface area contributed by atoms with Gasteiger partial charge in [0.05, 0.1) is 5.56 Å². The maximum absolute atomic E-state index is 10.9. The zero-order valence-electron chi connectivity index (χ0n) is 10.8. The largest absolute Gasteiger partial charge is 0.478 e. The minimum absolute atomic E-state index is 0.288. The van der Waals surface area contributed by atoms with E-state index in [1.807, 2.05) is 30.5 Å². The Balaban J connectivity index is 1.75. The van der Waals surface area contributed by atoms with Gasteiger partial charge in [-0.15, -0.1) is 0 Å². The van der Waals surface area contributed by atoms with Crippen molar-refractivity contribution in [3.63, 3.8) is 0 Å². The van der Waals surface area contributed by atoms with Crippen LogP contribution in [0.25, 0.3) is 10.9 Å². The average Bonchev–Trinajstić information content (AvgIpc) is 2.93. The summed E-state index contributed by atoms with van der Waals surface area (Å²) in [7, 11) is 0. The van der Waals surface area contributed by atoms with E-state index in [4.69, 9.17) is 5.11 Å². The highest BCUT2D eigenvalue weighted by Gasteiger charge is 2.03. The second-order valence-electron chi connectivity index (χ2n) is 4.64. The number of nitrogens with one attached hydrogen (secondary N) is 2. The number of rotatable bonds is 4. The van der Waals surface area contributed by atoms with E-state index in [0.717, 1.165) is 16.8 Å². The summed E-state index contributed by atoms with van der Waals surface area (Å²) in [4.78, 5) is 14.1. The normalized spacial score (nSPS) is 10.6. The Bertz CT molecular complexity index is 762. The first kappa shape index (κ1) is 12.3. The lowest BCUT2D eigenvalue weighted by molar-refractivity contribution is 0.0697. The molecule has 2 aromatic carbocycles. The fraction of sp³-hybridized carbons (Fsp3) is 0.0625. The zero-order valence-corrected chi connectivity index (χ0v) is 10.8. The molecule has 3 rings (SSSR count). The second kappa shape index (κ2) is 5.09. The van der Waals surface area contributed by atoms with Crippen LogP contribution in [0.3, 0.4) is 0 Å². The number of aromatic carboxylic acids is 1. The maximum Gasteiger partial charge on any atom is 0.335 e. The van der Waals surface area contributed by atoms with E-state index >= 15 is 0 Å². The van der Waals surface area contributed by atoms with E-state index in [9.17, 15) is 4.79 Å². The topological polar surface area (TPSA) is 65.1 Å². The maximum atomic E-state index is 10.9. The molecular weight excluding hydrogens is 252 g/mol. The molecule has 3 aromatic rings. The van der Waals surface area contributed by atoms with Crippen LogP contribution in [-0.2, 0) is 6.54 Å². The highest BCUT2D eigenvalue weighted by molar-refractivity contribution is 5.88. The van der Waals surface area contributed by atoms with Gasteiger partial charge < -0.3 is 15.4 Å². The SMILES string of the molecule is O=C(O)c1cccc(NCc2ccc3[nH]ccc3c2)c1. The van der Waals surface area contributed by atoms with Crippen molar-refractivity contribution in [3.05, 3.63) is 65.9 Å². The molecule has 0 spiro atoms. The molecule has 100 valence electrons. The minimum Gasteiger partial charge on any atom is -0.478 e. The third-order valence-corrected chi connectivity index (χ3v) is 3.22. The van der Waals surface area contributed by atoms with Crippen LogP contribution < -0.4 is 5.32 Å². The van der Waals surface area contributed by atoms with Crippen LogP contribution in [0.1, 0.15) is 15.9 Å². The molecule has 0 radical (unpaired) electrons. The summed E-state index contributed by atoms with van der Waals surface area (Å²) in [5.74, 6) is -0.914. The fourth-order valence-corrected chi connectivity index (χ4v) is 2.18. The average molecular weight is 266 g/mol. The van der Waals surface area contributed by atoms with Crippen LogP contribution in [0.5, 0.6) is 0 Å². The molecule has 0 amide bonds. The lowest BCUT2D eigenvalue weighted by Crippen LogP contribution is -2.01. The van der Waals surface area contributed by atoms with Gasteiger partial charge in [0.25, 0.3) is 0 Å². The standard InChI is InChI=1S/C16H14N2O2/c19-16(20)13-2-1-3-14(9-13)18-10-11-4-5-15-12(8-11)6-7-17-15/h1-9,17-18H,10H2,(H,19,20). The molecule has 0 aliphatic heterocycles. The van der Waals surface area contributed by atoms with E-state index in [1.165, 1.54) is 5.39 Å². The van der Waals surface area contributed by atoms with Crippen LogP contribution >= 0.6 is 0 Å². The van der Waals surface area contributed by atoms with E-state index in [2.05, 4.69) is 16.4 Å². The Hall–Kier alpha value is -2.75. The number of carboxylic acids is 1. The van der Waals surface area contributed by atoms with E-state index in [-0.39, 0.29) is 5.56 Å². The number of anilines is 1. The van der Waals surface area contributed by atoms with E-state index < -0.39 is 5.97 Å². The molecule has 0 aliphatic carbocycles. The zero-order chi connectivity index (χ0) is 13.9. The highest BCUT2D eigenvalue weighted by Crippen LogP contribution is 2.16. The molecule has 0 unspecified atom stereocenters. The van der Waals surface area contributed by atoms with Gasteiger partial charge in [-0.25, -0.2) is 4.79 Å². The van der Waals surface area contributed by atoms with E-state index in [1.54, 1.807) is 18.2 Å². The molecule has 4 nitrogen and oxygen atoms in total. The quantitative estimate of drug-likeness (QED) is 0.677. The van der Waals surface area contributed by atoms with Gasteiger partial charge in [-0.1, -0.05) is 12.1 Å². The number of hydrogen-bond acceptors (Lipinski definition) is 2. The lowest BCUT2D eigenvalue weighted by Gasteiger charge is -2.07. The number of fused-ring (bicyclic) bond motifs is 1. The molecule has 4 heteroatoms. The lowest BCUT2D eigenvalue weighted by atomic mass is 10.1. The third kappa shape index (κ3) is 2.49. The molecule has 0 saturated heterocycles.